The molecule has 2 saturated carbocycles. The maximum Gasteiger partial charge on any atom is 0.411 e. The van der Waals surface area contributed by atoms with Crippen molar-refractivity contribution < 1.29 is 31.1 Å². The van der Waals surface area contributed by atoms with Gasteiger partial charge >= 0.3 is 12.1 Å². The van der Waals surface area contributed by atoms with Crippen LogP contribution in [0, 0.1) is 17.3 Å². The van der Waals surface area contributed by atoms with Gasteiger partial charge < -0.3 is 4.74 Å². The smallest absolute Gasteiger partial charge is 0.331 e. The van der Waals surface area contributed by atoms with Crippen molar-refractivity contribution in [1.29, 1.82) is 0 Å². The average Bonchev–Trinajstić information content (AvgIpc) is 2.51. The molecule has 2 bridgehead atoms. The molecule has 19 heavy (non-hydrogen) atoms. The molecule has 4 unspecified atom stereocenters. The molecule has 0 spiro atoms. The van der Waals surface area contributed by atoms with E-state index in [2.05, 4.69) is 4.74 Å². The molecule has 0 saturated heterocycles. The third-order valence-electron chi connectivity index (χ3n) is 4.71. The van der Waals surface area contributed by atoms with E-state index in [1.807, 2.05) is 0 Å². The summed E-state index contributed by atoms with van der Waals surface area (Å²) in [5.41, 5.74) is -1.55. The number of hydrogen-bond donors (Lipinski definition) is 0. The van der Waals surface area contributed by atoms with Crippen molar-refractivity contribution in [2.24, 2.45) is 17.3 Å². The number of hydrogen-bond acceptors (Lipinski definition) is 1. The molecule has 7 heteroatoms. The van der Waals surface area contributed by atoms with Crippen LogP contribution in [-0.2, 0) is 4.74 Å². The lowest BCUT2D eigenvalue weighted by molar-refractivity contribution is -0.444. The zero-order valence-electron chi connectivity index (χ0n) is 9.81. The zero-order valence-corrected chi connectivity index (χ0v) is 9.81. The topological polar surface area (TPSA) is 9.23 Å². The van der Waals surface area contributed by atoms with Gasteiger partial charge in [0.25, 0.3) is 5.85 Å². The quantitative estimate of drug-likeness (QED) is 0.553. The monoisotopic (exact) mass is 286 g/mol. The second-order valence-corrected chi connectivity index (χ2v) is 5.59. The molecule has 0 amide bonds. The largest absolute Gasteiger partial charge is 0.411 e. The molecule has 4 atom stereocenters. The van der Waals surface area contributed by atoms with Crippen molar-refractivity contribution in [3.05, 3.63) is 12.2 Å². The van der Waals surface area contributed by atoms with Gasteiger partial charge in [-0.15, -0.1) is 0 Å². The summed E-state index contributed by atoms with van der Waals surface area (Å²) in [6.07, 6.45) is -1.12. The van der Waals surface area contributed by atoms with E-state index in [1.54, 1.807) is 12.2 Å². The zero-order chi connectivity index (χ0) is 14.1. The summed E-state index contributed by atoms with van der Waals surface area (Å²) < 4.78 is 82.8. The third kappa shape index (κ3) is 1.42. The molecule has 0 heterocycles. The van der Waals surface area contributed by atoms with Gasteiger partial charge in [-0.05, 0) is 25.2 Å². The van der Waals surface area contributed by atoms with Crippen LogP contribution in [0.25, 0.3) is 0 Å². The number of rotatable bonds is 2. The average molecular weight is 286 g/mol. The van der Waals surface area contributed by atoms with Crippen LogP contribution in [0.1, 0.15) is 19.3 Å². The Balaban J connectivity index is 1.89. The number of halogens is 6. The van der Waals surface area contributed by atoms with Crippen molar-refractivity contribution in [3.8, 4) is 0 Å². The minimum absolute atomic E-state index is 0.00220. The van der Waals surface area contributed by atoms with Crippen LogP contribution in [0.15, 0.2) is 12.2 Å². The molecule has 3 aliphatic rings. The number of allylic oxidation sites excluding steroid dienone is 2. The fourth-order valence-electron chi connectivity index (χ4n) is 3.98. The fraction of sp³-hybridized carbons (Fsp3) is 0.833. The first-order valence-corrected chi connectivity index (χ1v) is 6.08. The third-order valence-corrected chi connectivity index (χ3v) is 4.71. The SMILES string of the molecule is FC(F)(F)COC1(F)C2C3C=CCC2(CC3)C1(F)F. The van der Waals surface area contributed by atoms with Gasteiger partial charge in [0.2, 0.25) is 0 Å². The summed E-state index contributed by atoms with van der Waals surface area (Å²) in [6, 6.07) is 0. The Hall–Kier alpha value is -0.720. The summed E-state index contributed by atoms with van der Waals surface area (Å²) >= 11 is 0. The van der Waals surface area contributed by atoms with E-state index in [4.69, 9.17) is 0 Å². The van der Waals surface area contributed by atoms with Gasteiger partial charge in [-0.2, -0.15) is 22.0 Å². The van der Waals surface area contributed by atoms with Gasteiger partial charge in [0.1, 0.15) is 6.61 Å². The van der Waals surface area contributed by atoms with Crippen molar-refractivity contribution in [2.45, 2.75) is 37.2 Å². The highest BCUT2D eigenvalue weighted by atomic mass is 19.4. The van der Waals surface area contributed by atoms with E-state index in [-0.39, 0.29) is 12.8 Å². The summed E-state index contributed by atoms with van der Waals surface area (Å²) in [5, 5.41) is 0. The minimum Gasteiger partial charge on any atom is -0.331 e. The van der Waals surface area contributed by atoms with Gasteiger partial charge in [0.15, 0.2) is 0 Å². The molecule has 3 aliphatic carbocycles. The highest BCUT2D eigenvalue weighted by molar-refractivity contribution is 5.30. The molecule has 0 radical (unpaired) electrons. The van der Waals surface area contributed by atoms with Crippen LogP contribution in [0.3, 0.4) is 0 Å². The highest BCUT2D eigenvalue weighted by Gasteiger charge is 2.88. The Morgan fingerprint density at radius 3 is 2.53 bits per heavy atom. The lowest BCUT2D eigenvalue weighted by Gasteiger charge is -2.62. The molecule has 0 aromatic carbocycles. The van der Waals surface area contributed by atoms with Gasteiger partial charge in [-0.1, -0.05) is 12.2 Å². The maximum atomic E-state index is 14.4. The molecule has 3 rings (SSSR count). The van der Waals surface area contributed by atoms with E-state index < -0.39 is 41.8 Å². The van der Waals surface area contributed by atoms with Crippen LogP contribution in [0.2, 0.25) is 0 Å². The molecule has 0 aromatic rings. The van der Waals surface area contributed by atoms with Gasteiger partial charge in [-0.3, -0.25) is 0 Å². The Bertz CT molecular complexity index is 430. The maximum absolute atomic E-state index is 14.4. The fourth-order valence-corrected chi connectivity index (χ4v) is 3.98. The van der Waals surface area contributed by atoms with Crippen LogP contribution in [-0.4, -0.2) is 24.6 Å². The standard InChI is InChI=1S/C12H12F6O/c13-10(14,15)6-19-11(16)8-7-2-1-4-9(8,5-3-7)12(11,17)18/h1-2,7-8H,3-6H2. The Morgan fingerprint density at radius 2 is 1.89 bits per heavy atom. The number of alkyl halides is 6. The van der Waals surface area contributed by atoms with E-state index in [0.29, 0.717) is 6.42 Å². The van der Waals surface area contributed by atoms with Crippen molar-refractivity contribution in [1.82, 2.24) is 0 Å². The van der Waals surface area contributed by atoms with Crippen molar-refractivity contribution in [2.75, 3.05) is 6.61 Å². The van der Waals surface area contributed by atoms with Gasteiger partial charge in [0, 0.05) is 5.92 Å². The lowest BCUT2D eigenvalue weighted by atomic mass is 9.50. The molecular weight excluding hydrogens is 274 g/mol. The van der Waals surface area contributed by atoms with Gasteiger partial charge in [0.05, 0.1) is 5.41 Å². The van der Waals surface area contributed by atoms with E-state index >= 15 is 0 Å². The van der Waals surface area contributed by atoms with Crippen LogP contribution in [0.5, 0.6) is 0 Å². The van der Waals surface area contributed by atoms with Crippen LogP contribution >= 0.6 is 0 Å². The molecule has 0 aliphatic heterocycles. The molecule has 108 valence electrons. The summed E-state index contributed by atoms with van der Waals surface area (Å²) in [5.74, 6) is -8.97. The van der Waals surface area contributed by atoms with E-state index in [0.717, 1.165) is 0 Å². The molecule has 1 nitrogen and oxygen atoms in total. The predicted octanol–water partition coefficient (Wildman–Crippen LogP) is 3.85. The van der Waals surface area contributed by atoms with E-state index in [1.165, 1.54) is 0 Å². The Kier molecular flexibility index (Phi) is 2.43. The van der Waals surface area contributed by atoms with Gasteiger partial charge in [-0.25, -0.2) is 4.39 Å². The highest BCUT2D eigenvalue weighted by Crippen LogP contribution is 2.77. The Morgan fingerprint density at radius 1 is 1.21 bits per heavy atom. The summed E-state index contributed by atoms with van der Waals surface area (Å²) in [6.45, 7) is -1.98. The van der Waals surface area contributed by atoms with Crippen LogP contribution in [0.4, 0.5) is 26.3 Å². The molecule has 2 fully saturated rings. The minimum atomic E-state index is -4.82. The summed E-state index contributed by atoms with van der Waals surface area (Å²) in [7, 11) is 0. The molecule has 0 aromatic heterocycles. The second-order valence-electron chi connectivity index (χ2n) is 5.59. The first kappa shape index (κ1) is 13.3. The van der Waals surface area contributed by atoms with Crippen LogP contribution < -0.4 is 0 Å². The Labute approximate surface area is 105 Å². The first-order chi connectivity index (χ1) is 8.64. The normalized spacial score (nSPS) is 46.8. The summed E-state index contributed by atoms with van der Waals surface area (Å²) in [4.78, 5) is 0. The van der Waals surface area contributed by atoms with Crippen molar-refractivity contribution >= 4 is 0 Å². The number of ether oxygens (including phenoxy) is 1. The first-order valence-electron chi connectivity index (χ1n) is 6.08. The second kappa shape index (κ2) is 3.48. The molecular formula is C12H12F6O. The molecule has 0 N–H and O–H groups in total. The van der Waals surface area contributed by atoms with Crippen molar-refractivity contribution in [3.63, 3.8) is 0 Å². The lowest BCUT2D eigenvalue weighted by Crippen LogP contribution is -2.76. The predicted molar refractivity (Wildman–Crippen MR) is 53.2 cm³/mol. The van der Waals surface area contributed by atoms with E-state index in [9.17, 15) is 26.3 Å².